The van der Waals surface area contributed by atoms with E-state index in [1.807, 2.05) is 59.5 Å². The SMILES string of the molecule is Cc1cccc2c(C3=CCN(C(=O)c4ccc(OCc5ccccc5)cc4)CC3)c[nH]c12. The monoisotopic (exact) mass is 422 g/mol. The molecular formula is C28H26N2O2. The normalized spacial score (nSPS) is 13.8. The molecule has 0 unspecified atom stereocenters. The zero-order chi connectivity index (χ0) is 21.9. The van der Waals surface area contributed by atoms with Gasteiger partial charge in [0, 0.05) is 41.3 Å². The highest BCUT2D eigenvalue weighted by molar-refractivity contribution is 5.97. The van der Waals surface area contributed by atoms with Crippen LogP contribution in [0.2, 0.25) is 0 Å². The molecule has 0 saturated heterocycles. The fourth-order valence-corrected chi connectivity index (χ4v) is 4.29. The van der Waals surface area contributed by atoms with Gasteiger partial charge in [0.05, 0.1) is 0 Å². The molecular weight excluding hydrogens is 396 g/mol. The highest BCUT2D eigenvalue weighted by atomic mass is 16.5. The number of amides is 1. The van der Waals surface area contributed by atoms with Crippen molar-refractivity contribution in [2.75, 3.05) is 13.1 Å². The summed E-state index contributed by atoms with van der Waals surface area (Å²) in [5, 5.41) is 1.25. The van der Waals surface area contributed by atoms with E-state index in [1.54, 1.807) is 0 Å². The summed E-state index contributed by atoms with van der Waals surface area (Å²) >= 11 is 0. The van der Waals surface area contributed by atoms with Crippen LogP contribution in [0.1, 0.15) is 33.5 Å². The number of fused-ring (bicyclic) bond motifs is 1. The summed E-state index contributed by atoms with van der Waals surface area (Å²) in [5.41, 5.74) is 6.80. The summed E-state index contributed by atoms with van der Waals surface area (Å²) in [6.07, 6.45) is 5.13. The van der Waals surface area contributed by atoms with Crippen LogP contribution in [-0.2, 0) is 6.61 Å². The minimum atomic E-state index is 0.0599. The Hall–Kier alpha value is -3.79. The van der Waals surface area contributed by atoms with Gasteiger partial charge in [0.2, 0.25) is 0 Å². The predicted octanol–water partition coefficient (Wildman–Crippen LogP) is 5.98. The summed E-state index contributed by atoms with van der Waals surface area (Å²) in [6, 6.07) is 23.9. The molecule has 160 valence electrons. The van der Waals surface area contributed by atoms with Crippen molar-refractivity contribution >= 4 is 22.4 Å². The van der Waals surface area contributed by atoms with E-state index in [1.165, 1.54) is 27.6 Å². The van der Waals surface area contributed by atoms with E-state index in [0.29, 0.717) is 18.7 Å². The van der Waals surface area contributed by atoms with Crippen molar-refractivity contribution in [2.24, 2.45) is 0 Å². The molecule has 5 rings (SSSR count). The average Bonchev–Trinajstić information content (AvgIpc) is 3.29. The number of hydrogen-bond donors (Lipinski definition) is 1. The quantitative estimate of drug-likeness (QED) is 0.430. The highest BCUT2D eigenvalue weighted by Gasteiger charge is 2.20. The van der Waals surface area contributed by atoms with Gasteiger partial charge in [0.25, 0.3) is 5.91 Å². The van der Waals surface area contributed by atoms with E-state index in [9.17, 15) is 4.79 Å². The van der Waals surface area contributed by atoms with Crippen molar-refractivity contribution in [3.8, 4) is 5.75 Å². The maximum Gasteiger partial charge on any atom is 0.254 e. The molecule has 0 spiro atoms. The standard InChI is InChI=1S/C28H26N2O2/c1-20-6-5-9-25-26(18-29-27(20)25)22-14-16-30(17-15-22)28(31)23-10-12-24(13-11-23)32-19-21-7-3-2-4-8-21/h2-14,18,29H,15-17,19H2,1H3. The third kappa shape index (κ3) is 4.04. The fraction of sp³-hybridized carbons (Fsp3) is 0.179. The lowest BCUT2D eigenvalue weighted by Crippen LogP contribution is -2.34. The second-order valence-corrected chi connectivity index (χ2v) is 8.23. The Kier molecular flexibility index (Phi) is 5.51. The van der Waals surface area contributed by atoms with E-state index in [-0.39, 0.29) is 5.91 Å². The topological polar surface area (TPSA) is 45.3 Å². The van der Waals surface area contributed by atoms with Crippen LogP contribution >= 0.6 is 0 Å². The van der Waals surface area contributed by atoms with E-state index in [4.69, 9.17) is 4.74 Å². The van der Waals surface area contributed by atoms with Crippen LogP contribution in [0.3, 0.4) is 0 Å². The van der Waals surface area contributed by atoms with Gasteiger partial charge in [-0.25, -0.2) is 0 Å². The molecule has 0 aliphatic carbocycles. The second kappa shape index (κ2) is 8.75. The number of benzene rings is 3. The van der Waals surface area contributed by atoms with Crippen LogP contribution in [0.4, 0.5) is 0 Å². The minimum Gasteiger partial charge on any atom is -0.489 e. The fourth-order valence-electron chi connectivity index (χ4n) is 4.29. The van der Waals surface area contributed by atoms with Gasteiger partial charge in [-0.3, -0.25) is 4.79 Å². The van der Waals surface area contributed by atoms with Gasteiger partial charge in [-0.15, -0.1) is 0 Å². The molecule has 0 fully saturated rings. The molecule has 4 nitrogen and oxygen atoms in total. The number of carbonyl (C=O) groups is 1. The molecule has 1 amide bonds. The van der Waals surface area contributed by atoms with E-state index in [2.05, 4.69) is 42.4 Å². The van der Waals surface area contributed by atoms with Crippen LogP contribution in [0.15, 0.2) is 85.1 Å². The molecule has 0 atom stereocenters. The molecule has 4 aromatic rings. The molecule has 1 aliphatic heterocycles. The molecule has 1 aliphatic rings. The van der Waals surface area contributed by atoms with Crippen molar-refractivity contribution < 1.29 is 9.53 Å². The lowest BCUT2D eigenvalue weighted by Gasteiger charge is -2.26. The van der Waals surface area contributed by atoms with Crippen molar-refractivity contribution in [3.05, 3.63) is 107 Å². The molecule has 2 heterocycles. The lowest BCUT2D eigenvalue weighted by atomic mass is 9.98. The number of aryl methyl sites for hydroxylation is 1. The molecule has 1 aromatic heterocycles. The number of hydrogen-bond acceptors (Lipinski definition) is 2. The van der Waals surface area contributed by atoms with Crippen LogP contribution < -0.4 is 4.74 Å². The number of H-pyrrole nitrogens is 1. The first-order chi connectivity index (χ1) is 15.7. The van der Waals surface area contributed by atoms with Crippen molar-refractivity contribution in [3.63, 3.8) is 0 Å². The van der Waals surface area contributed by atoms with Gasteiger partial charge in [-0.1, -0.05) is 54.6 Å². The molecule has 0 radical (unpaired) electrons. The van der Waals surface area contributed by atoms with Crippen LogP contribution in [0.25, 0.3) is 16.5 Å². The first-order valence-corrected chi connectivity index (χ1v) is 11.0. The van der Waals surface area contributed by atoms with Crippen LogP contribution in [-0.4, -0.2) is 28.9 Å². The van der Waals surface area contributed by atoms with Crippen molar-refractivity contribution in [1.29, 1.82) is 0 Å². The Bertz CT molecular complexity index is 1270. The number of nitrogens with zero attached hydrogens (tertiary/aromatic N) is 1. The number of aromatic nitrogens is 1. The molecule has 4 heteroatoms. The van der Waals surface area contributed by atoms with Gasteiger partial charge >= 0.3 is 0 Å². The smallest absolute Gasteiger partial charge is 0.254 e. The van der Waals surface area contributed by atoms with E-state index < -0.39 is 0 Å². The van der Waals surface area contributed by atoms with E-state index >= 15 is 0 Å². The second-order valence-electron chi connectivity index (χ2n) is 8.23. The summed E-state index contributed by atoms with van der Waals surface area (Å²) in [4.78, 5) is 18.3. The van der Waals surface area contributed by atoms with Gasteiger partial charge in [0.1, 0.15) is 12.4 Å². The van der Waals surface area contributed by atoms with Gasteiger partial charge in [-0.05, 0) is 54.3 Å². The Morgan fingerprint density at radius 2 is 1.81 bits per heavy atom. The van der Waals surface area contributed by atoms with E-state index in [0.717, 1.165) is 24.3 Å². The molecule has 3 aromatic carbocycles. The largest absolute Gasteiger partial charge is 0.489 e. The number of carbonyl (C=O) groups excluding carboxylic acids is 1. The Morgan fingerprint density at radius 1 is 1.00 bits per heavy atom. The molecule has 32 heavy (non-hydrogen) atoms. The average molecular weight is 423 g/mol. The Labute approximate surface area is 188 Å². The minimum absolute atomic E-state index is 0.0599. The summed E-state index contributed by atoms with van der Waals surface area (Å²) in [7, 11) is 0. The Morgan fingerprint density at radius 3 is 2.56 bits per heavy atom. The maximum atomic E-state index is 13.0. The number of rotatable bonds is 5. The first-order valence-electron chi connectivity index (χ1n) is 11.0. The zero-order valence-corrected chi connectivity index (χ0v) is 18.2. The predicted molar refractivity (Wildman–Crippen MR) is 129 cm³/mol. The third-order valence-electron chi connectivity index (χ3n) is 6.12. The molecule has 1 N–H and O–H groups in total. The third-order valence-corrected chi connectivity index (χ3v) is 6.12. The Balaban J connectivity index is 1.24. The molecule has 0 bridgehead atoms. The van der Waals surface area contributed by atoms with Gasteiger partial charge < -0.3 is 14.6 Å². The van der Waals surface area contributed by atoms with Crippen molar-refractivity contribution in [1.82, 2.24) is 9.88 Å². The van der Waals surface area contributed by atoms with Gasteiger partial charge in [0.15, 0.2) is 0 Å². The molecule has 0 saturated carbocycles. The van der Waals surface area contributed by atoms with Gasteiger partial charge in [-0.2, -0.15) is 0 Å². The van der Waals surface area contributed by atoms with Crippen LogP contribution in [0.5, 0.6) is 5.75 Å². The number of nitrogens with one attached hydrogen (secondary N) is 1. The van der Waals surface area contributed by atoms with Crippen molar-refractivity contribution in [2.45, 2.75) is 20.0 Å². The summed E-state index contributed by atoms with van der Waals surface area (Å²) in [6.45, 7) is 3.98. The zero-order valence-electron chi connectivity index (χ0n) is 18.2. The maximum absolute atomic E-state index is 13.0. The van der Waals surface area contributed by atoms with Crippen LogP contribution in [0, 0.1) is 6.92 Å². The lowest BCUT2D eigenvalue weighted by molar-refractivity contribution is 0.0773. The first kappa shape index (κ1) is 20.1. The summed E-state index contributed by atoms with van der Waals surface area (Å²) < 4.78 is 5.83. The number of aromatic amines is 1. The number of ether oxygens (including phenoxy) is 1. The number of para-hydroxylation sites is 1. The summed E-state index contributed by atoms with van der Waals surface area (Å²) in [5.74, 6) is 0.825. The highest BCUT2D eigenvalue weighted by Crippen LogP contribution is 2.31.